The largest absolute Gasteiger partial charge is 0.395 e. The van der Waals surface area contributed by atoms with E-state index in [2.05, 4.69) is 10.6 Å². The molecular formula is C14H21FN2O2. The van der Waals surface area contributed by atoms with Gasteiger partial charge in [-0.05, 0) is 24.5 Å². The highest BCUT2D eigenvalue weighted by atomic mass is 19.1. The van der Waals surface area contributed by atoms with Crippen LogP contribution in [0.2, 0.25) is 0 Å². The summed E-state index contributed by atoms with van der Waals surface area (Å²) < 4.78 is 13.3. The van der Waals surface area contributed by atoms with E-state index < -0.39 is 5.82 Å². The number of carbonyl (C=O) groups is 1. The molecule has 0 aliphatic heterocycles. The molecule has 0 aromatic heterocycles. The number of hydrogen-bond acceptors (Lipinski definition) is 3. The van der Waals surface area contributed by atoms with Crippen molar-refractivity contribution in [2.75, 3.05) is 18.5 Å². The first-order valence-electron chi connectivity index (χ1n) is 6.41. The summed E-state index contributed by atoms with van der Waals surface area (Å²) in [5.41, 5.74) is 0.165. The molecule has 4 nitrogen and oxygen atoms in total. The smallest absolute Gasteiger partial charge is 0.238 e. The minimum Gasteiger partial charge on any atom is -0.395 e. The minimum atomic E-state index is -0.461. The lowest BCUT2D eigenvalue weighted by atomic mass is 10.0. The highest BCUT2D eigenvalue weighted by Gasteiger charge is 2.12. The SMILES string of the molecule is CC(C)CC(CO)NCC(=O)Nc1ccccc1F. The van der Waals surface area contributed by atoms with Crippen LogP contribution in [0.4, 0.5) is 10.1 Å². The van der Waals surface area contributed by atoms with E-state index in [9.17, 15) is 9.18 Å². The number of para-hydroxylation sites is 1. The zero-order chi connectivity index (χ0) is 14.3. The first-order chi connectivity index (χ1) is 9.02. The summed E-state index contributed by atoms with van der Waals surface area (Å²) in [5.74, 6) is -0.358. The third-order valence-electron chi connectivity index (χ3n) is 2.68. The second kappa shape index (κ2) is 7.86. The lowest BCUT2D eigenvalue weighted by Gasteiger charge is -2.18. The number of aliphatic hydroxyl groups excluding tert-OH is 1. The summed E-state index contributed by atoms with van der Waals surface area (Å²) in [6.45, 7) is 4.12. The molecule has 5 heteroatoms. The van der Waals surface area contributed by atoms with E-state index in [4.69, 9.17) is 5.11 Å². The number of nitrogens with one attached hydrogen (secondary N) is 2. The zero-order valence-corrected chi connectivity index (χ0v) is 11.3. The molecule has 3 N–H and O–H groups in total. The molecule has 0 radical (unpaired) electrons. The Morgan fingerprint density at radius 3 is 2.63 bits per heavy atom. The molecule has 1 aromatic carbocycles. The third kappa shape index (κ3) is 5.81. The molecule has 0 saturated heterocycles. The molecule has 1 amide bonds. The van der Waals surface area contributed by atoms with Gasteiger partial charge in [-0.15, -0.1) is 0 Å². The van der Waals surface area contributed by atoms with Crippen LogP contribution >= 0.6 is 0 Å². The van der Waals surface area contributed by atoms with Crippen LogP contribution in [0.25, 0.3) is 0 Å². The maximum Gasteiger partial charge on any atom is 0.238 e. The molecule has 19 heavy (non-hydrogen) atoms. The number of halogens is 1. The molecule has 0 saturated carbocycles. The van der Waals surface area contributed by atoms with Crippen molar-refractivity contribution in [3.05, 3.63) is 30.1 Å². The Labute approximate surface area is 113 Å². The van der Waals surface area contributed by atoms with Gasteiger partial charge in [0.15, 0.2) is 0 Å². The lowest BCUT2D eigenvalue weighted by molar-refractivity contribution is -0.115. The van der Waals surface area contributed by atoms with E-state index in [1.165, 1.54) is 12.1 Å². The number of aliphatic hydroxyl groups is 1. The van der Waals surface area contributed by atoms with Crippen LogP contribution in [-0.2, 0) is 4.79 Å². The second-order valence-electron chi connectivity index (χ2n) is 4.92. The molecule has 0 heterocycles. The molecule has 106 valence electrons. The van der Waals surface area contributed by atoms with Gasteiger partial charge in [-0.1, -0.05) is 26.0 Å². The Balaban J connectivity index is 2.41. The lowest BCUT2D eigenvalue weighted by Crippen LogP contribution is -2.39. The molecule has 0 fully saturated rings. The maximum atomic E-state index is 13.3. The molecule has 1 unspecified atom stereocenters. The van der Waals surface area contributed by atoms with Crippen molar-refractivity contribution in [1.29, 1.82) is 0 Å². The van der Waals surface area contributed by atoms with Gasteiger partial charge >= 0.3 is 0 Å². The topological polar surface area (TPSA) is 61.4 Å². The summed E-state index contributed by atoms with van der Waals surface area (Å²) in [7, 11) is 0. The van der Waals surface area contributed by atoms with Gasteiger partial charge in [0.05, 0.1) is 18.8 Å². The number of benzene rings is 1. The fourth-order valence-electron chi connectivity index (χ4n) is 1.79. The molecule has 0 spiro atoms. The van der Waals surface area contributed by atoms with Crippen LogP contribution in [0.3, 0.4) is 0 Å². The molecular weight excluding hydrogens is 247 g/mol. The van der Waals surface area contributed by atoms with Crippen LogP contribution in [0.1, 0.15) is 20.3 Å². The molecule has 0 bridgehead atoms. The predicted molar refractivity (Wildman–Crippen MR) is 73.4 cm³/mol. The molecule has 0 aliphatic rings. The van der Waals surface area contributed by atoms with Crippen molar-refractivity contribution in [3.8, 4) is 0 Å². The first-order valence-corrected chi connectivity index (χ1v) is 6.41. The van der Waals surface area contributed by atoms with Crippen molar-refractivity contribution < 1.29 is 14.3 Å². The number of carbonyl (C=O) groups excluding carboxylic acids is 1. The number of rotatable bonds is 7. The predicted octanol–water partition coefficient (Wildman–Crippen LogP) is 1.76. The van der Waals surface area contributed by atoms with Gasteiger partial charge in [0.1, 0.15) is 5.82 Å². The minimum absolute atomic E-state index is 0.0227. The van der Waals surface area contributed by atoms with Crippen molar-refractivity contribution in [2.45, 2.75) is 26.3 Å². The van der Waals surface area contributed by atoms with Gasteiger partial charge < -0.3 is 15.7 Å². The maximum absolute atomic E-state index is 13.3. The monoisotopic (exact) mass is 268 g/mol. The summed E-state index contributed by atoms with van der Waals surface area (Å²) in [6, 6.07) is 5.89. The Hall–Kier alpha value is -1.46. The summed E-state index contributed by atoms with van der Waals surface area (Å²) in [4.78, 5) is 11.6. The molecule has 1 rings (SSSR count). The molecule has 1 aromatic rings. The van der Waals surface area contributed by atoms with Crippen molar-refractivity contribution >= 4 is 11.6 Å². The fraction of sp³-hybridized carbons (Fsp3) is 0.500. The van der Waals surface area contributed by atoms with E-state index >= 15 is 0 Å². The van der Waals surface area contributed by atoms with E-state index in [0.717, 1.165) is 6.42 Å². The van der Waals surface area contributed by atoms with Crippen molar-refractivity contribution in [2.24, 2.45) is 5.92 Å². The zero-order valence-electron chi connectivity index (χ0n) is 11.3. The third-order valence-corrected chi connectivity index (χ3v) is 2.68. The van der Waals surface area contributed by atoms with Crippen molar-refractivity contribution in [1.82, 2.24) is 5.32 Å². The van der Waals surface area contributed by atoms with E-state index in [-0.39, 0.29) is 30.8 Å². The first kappa shape index (κ1) is 15.6. The van der Waals surface area contributed by atoms with Gasteiger partial charge in [0.2, 0.25) is 5.91 Å². The standard InChI is InChI=1S/C14H21FN2O2/c1-10(2)7-11(9-18)16-8-14(19)17-13-6-4-3-5-12(13)15/h3-6,10-11,16,18H,7-9H2,1-2H3,(H,17,19). The number of amides is 1. The van der Waals surface area contributed by atoms with Gasteiger partial charge in [-0.25, -0.2) is 4.39 Å². The van der Waals surface area contributed by atoms with Crippen LogP contribution in [-0.4, -0.2) is 30.2 Å². The Kier molecular flexibility index (Phi) is 6.45. The fourth-order valence-corrected chi connectivity index (χ4v) is 1.79. The normalized spacial score (nSPS) is 12.5. The summed E-state index contributed by atoms with van der Waals surface area (Å²) in [5, 5.41) is 14.6. The highest BCUT2D eigenvalue weighted by molar-refractivity contribution is 5.92. The van der Waals surface area contributed by atoms with Gasteiger partial charge in [0.25, 0.3) is 0 Å². The average molecular weight is 268 g/mol. The van der Waals surface area contributed by atoms with E-state index in [0.29, 0.717) is 5.92 Å². The number of hydrogen-bond donors (Lipinski definition) is 3. The Morgan fingerprint density at radius 1 is 1.37 bits per heavy atom. The van der Waals surface area contributed by atoms with Crippen LogP contribution < -0.4 is 10.6 Å². The second-order valence-corrected chi connectivity index (χ2v) is 4.92. The molecule has 0 aliphatic carbocycles. The number of anilines is 1. The summed E-state index contributed by atoms with van der Waals surface area (Å²) >= 11 is 0. The summed E-state index contributed by atoms with van der Waals surface area (Å²) in [6.07, 6.45) is 0.781. The highest BCUT2D eigenvalue weighted by Crippen LogP contribution is 2.11. The van der Waals surface area contributed by atoms with Crippen LogP contribution in [0, 0.1) is 11.7 Å². The van der Waals surface area contributed by atoms with E-state index in [1.54, 1.807) is 12.1 Å². The van der Waals surface area contributed by atoms with Gasteiger partial charge in [-0.2, -0.15) is 0 Å². The van der Waals surface area contributed by atoms with Crippen LogP contribution in [0.5, 0.6) is 0 Å². The van der Waals surface area contributed by atoms with E-state index in [1.807, 2.05) is 13.8 Å². The average Bonchev–Trinajstić information content (AvgIpc) is 2.37. The molecule has 1 atom stereocenters. The Bertz CT molecular complexity index is 410. The van der Waals surface area contributed by atoms with Crippen molar-refractivity contribution in [3.63, 3.8) is 0 Å². The Morgan fingerprint density at radius 2 is 2.05 bits per heavy atom. The quantitative estimate of drug-likeness (QED) is 0.706. The van der Waals surface area contributed by atoms with Gasteiger partial charge in [0, 0.05) is 6.04 Å². The van der Waals surface area contributed by atoms with Crippen LogP contribution in [0.15, 0.2) is 24.3 Å². The van der Waals surface area contributed by atoms with Gasteiger partial charge in [-0.3, -0.25) is 4.79 Å².